The van der Waals surface area contributed by atoms with Gasteiger partial charge in [0.15, 0.2) is 0 Å². The Bertz CT molecular complexity index is 2570. The number of nitrogen functional groups attached to an aromatic ring is 1. The number of halogens is 4. The molecule has 17 heteroatoms. The number of aryl methyl sites for hydroxylation is 1. The molecule has 0 spiro atoms. The van der Waals surface area contributed by atoms with Crippen LogP contribution in [0.3, 0.4) is 0 Å². The van der Waals surface area contributed by atoms with Crippen LogP contribution in [0, 0.1) is 11.7 Å². The van der Waals surface area contributed by atoms with Crippen LogP contribution in [0.1, 0.15) is 79.0 Å². The Kier molecular flexibility index (Phi) is 12.8. The van der Waals surface area contributed by atoms with Gasteiger partial charge >= 0.3 is 6.18 Å². The van der Waals surface area contributed by atoms with Gasteiger partial charge in [0.2, 0.25) is 11.8 Å². The van der Waals surface area contributed by atoms with Crippen LogP contribution in [0.4, 0.5) is 34.8 Å². The summed E-state index contributed by atoms with van der Waals surface area (Å²) in [6.45, 7) is 5.20. The molecule has 4 aliphatic heterocycles. The van der Waals surface area contributed by atoms with Crippen molar-refractivity contribution in [3.8, 4) is 11.1 Å². The fourth-order valence-electron chi connectivity index (χ4n) is 10.4. The summed E-state index contributed by atoms with van der Waals surface area (Å²) in [5.74, 6) is -0.785. The molecule has 3 aromatic heterocycles. The lowest BCUT2D eigenvalue weighted by Gasteiger charge is -2.45. The topological polar surface area (TPSA) is 145 Å². The molecular weight excluding hydrogens is 853 g/mol. The van der Waals surface area contributed by atoms with Crippen molar-refractivity contribution in [2.24, 2.45) is 13.0 Å². The smallest absolute Gasteiger partial charge is 0.384 e. The molecule has 3 amide bonds. The van der Waals surface area contributed by atoms with E-state index in [-0.39, 0.29) is 61.9 Å². The SMILES string of the molecule is C[C@@H](c1cc2c(-c3ccc(N)nc3)ccnc2n1C)N1CCC(c2ccc(C(=O)N3CCC(CN4CCN(c5ccc(NC6CCC(=O)NC6=O)cc5F)C[C@H]4C(F)(F)F)CC3)cc2)CC1. The summed E-state index contributed by atoms with van der Waals surface area (Å²) in [6.07, 6.45) is 2.70. The zero-order chi connectivity index (χ0) is 46.3. The molecule has 5 aromatic rings. The predicted molar refractivity (Wildman–Crippen MR) is 245 cm³/mol. The quantitative estimate of drug-likeness (QED) is 0.0979. The van der Waals surface area contributed by atoms with E-state index in [4.69, 9.17) is 10.7 Å². The molecule has 0 saturated carbocycles. The first-order valence-electron chi connectivity index (χ1n) is 22.9. The maximum absolute atomic E-state index is 15.4. The fourth-order valence-corrected chi connectivity index (χ4v) is 10.4. The Balaban J connectivity index is 0.751. The zero-order valence-corrected chi connectivity index (χ0v) is 37.2. The molecule has 0 aliphatic carbocycles. The third kappa shape index (κ3) is 9.45. The molecule has 7 heterocycles. The molecule has 2 aromatic carbocycles. The number of carbonyl (C=O) groups excluding carboxylic acids is 3. The third-order valence-electron chi connectivity index (χ3n) is 14.3. The summed E-state index contributed by atoms with van der Waals surface area (Å²) in [5, 5.41) is 6.24. The highest BCUT2D eigenvalue weighted by atomic mass is 19.4. The average molecular weight is 909 g/mol. The van der Waals surface area contributed by atoms with Gasteiger partial charge in [-0.3, -0.25) is 29.5 Å². The van der Waals surface area contributed by atoms with E-state index in [1.165, 1.54) is 39.3 Å². The number of carbonyl (C=O) groups is 3. The van der Waals surface area contributed by atoms with Gasteiger partial charge in [-0.15, -0.1) is 0 Å². The number of nitrogens with zero attached hydrogens (tertiary/aromatic N) is 7. The summed E-state index contributed by atoms with van der Waals surface area (Å²) in [7, 11) is 2.07. The van der Waals surface area contributed by atoms with Crippen molar-refractivity contribution in [2.75, 3.05) is 68.3 Å². The number of nitrogens with two attached hydrogens (primary N) is 1. The number of nitrogens with one attached hydrogen (secondary N) is 2. The Morgan fingerprint density at radius 3 is 2.35 bits per heavy atom. The van der Waals surface area contributed by atoms with Gasteiger partial charge in [-0.2, -0.15) is 13.2 Å². The fraction of sp³-hybridized carbons (Fsp3) is 0.449. The number of pyridine rings is 2. The van der Waals surface area contributed by atoms with Gasteiger partial charge in [0.05, 0.1) is 5.69 Å². The minimum absolute atomic E-state index is 0.0160. The first-order valence-corrected chi connectivity index (χ1v) is 22.9. The summed E-state index contributed by atoms with van der Waals surface area (Å²) in [4.78, 5) is 53.5. The molecule has 13 nitrogen and oxygen atoms in total. The first-order chi connectivity index (χ1) is 31.7. The molecule has 4 fully saturated rings. The van der Waals surface area contributed by atoms with Gasteiger partial charge in [0, 0.05) is 99.1 Å². The first kappa shape index (κ1) is 45.1. The molecule has 66 heavy (non-hydrogen) atoms. The van der Waals surface area contributed by atoms with Gasteiger partial charge < -0.3 is 25.4 Å². The Morgan fingerprint density at radius 1 is 0.909 bits per heavy atom. The van der Waals surface area contributed by atoms with Crippen LogP contribution >= 0.6 is 0 Å². The zero-order valence-electron chi connectivity index (χ0n) is 37.2. The Labute approximate surface area is 381 Å². The van der Waals surface area contributed by atoms with E-state index < -0.39 is 36.5 Å². The monoisotopic (exact) mass is 908 g/mol. The number of amides is 3. The predicted octanol–water partition coefficient (Wildman–Crippen LogP) is 7.12. The van der Waals surface area contributed by atoms with Crippen LogP contribution in [0.15, 0.2) is 79.1 Å². The number of hydrogen-bond acceptors (Lipinski definition) is 10. The molecule has 3 atom stereocenters. The number of hydrogen-bond donors (Lipinski definition) is 3. The Morgan fingerprint density at radius 2 is 1.67 bits per heavy atom. The van der Waals surface area contributed by atoms with E-state index in [0.29, 0.717) is 48.9 Å². The molecule has 0 radical (unpaired) electrons. The minimum atomic E-state index is -4.53. The summed E-state index contributed by atoms with van der Waals surface area (Å²) >= 11 is 0. The van der Waals surface area contributed by atoms with Gasteiger partial charge in [-0.25, -0.2) is 14.4 Å². The number of rotatable bonds is 10. The van der Waals surface area contributed by atoms with Gasteiger partial charge in [-0.1, -0.05) is 12.1 Å². The van der Waals surface area contributed by atoms with Gasteiger partial charge in [0.25, 0.3) is 5.91 Å². The number of piperazine rings is 1. The van der Waals surface area contributed by atoms with Crippen molar-refractivity contribution in [3.05, 3.63) is 102 Å². The van der Waals surface area contributed by atoms with E-state index in [1.807, 2.05) is 41.4 Å². The number of benzene rings is 2. The maximum Gasteiger partial charge on any atom is 0.405 e. The van der Waals surface area contributed by atoms with Crippen molar-refractivity contribution < 1.29 is 31.9 Å². The van der Waals surface area contributed by atoms with Crippen LogP contribution in [-0.4, -0.2) is 118 Å². The number of piperidine rings is 3. The average Bonchev–Trinajstić information content (AvgIpc) is 3.66. The van der Waals surface area contributed by atoms with E-state index in [2.05, 4.69) is 57.3 Å². The second kappa shape index (κ2) is 18.7. The van der Waals surface area contributed by atoms with Gasteiger partial charge in [-0.05, 0) is 130 Å². The number of fused-ring (bicyclic) bond motifs is 1. The van der Waals surface area contributed by atoms with Crippen LogP contribution in [-0.2, 0) is 16.6 Å². The van der Waals surface area contributed by atoms with Crippen LogP contribution in [0.25, 0.3) is 22.2 Å². The number of alkyl halides is 3. The van der Waals surface area contributed by atoms with E-state index in [0.717, 1.165) is 48.1 Å². The highest BCUT2D eigenvalue weighted by Gasteiger charge is 2.47. The number of anilines is 3. The lowest BCUT2D eigenvalue weighted by molar-refractivity contribution is -0.186. The summed E-state index contributed by atoms with van der Waals surface area (Å²) < 4.78 is 61.2. The summed E-state index contributed by atoms with van der Waals surface area (Å²) in [6, 6.07) is 17.9. The molecular formula is C49H56F4N10O3. The molecule has 4 N–H and O–H groups in total. The van der Waals surface area contributed by atoms with Gasteiger partial charge in [0.1, 0.15) is 29.4 Å². The molecule has 4 aliphatic rings. The highest BCUT2D eigenvalue weighted by molar-refractivity contribution is 6.01. The number of imide groups is 1. The van der Waals surface area contributed by atoms with Crippen LogP contribution in [0.5, 0.6) is 0 Å². The lowest BCUT2D eigenvalue weighted by atomic mass is 9.88. The molecule has 348 valence electrons. The lowest BCUT2D eigenvalue weighted by Crippen LogP contribution is -2.60. The van der Waals surface area contributed by atoms with Crippen molar-refractivity contribution in [1.82, 2.24) is 34.6 Å². The summed E-state index contributed by atoms with van der Waals surface area (Å²) in [5.41, 5.74) is 12.2. The molecule has 4 saturated heterocycles. The van der Waals surface area contributed by atoms with Crippen LogP contribution < -0.4 is 21.3 Å². The van der Waals surface area contributed by atoms with E-state index in [9.17, 15) is 27.6 Å². The Hall–Kier alpha value is -6.07. The van der Waals surface area contributed by atoms with Crippen molar-refractivity contribution in [1.29, 1.82) is 0 Å². The highest BCUT2D eigenvalue weighted by Crippen LogP contribution is 2.37. The van der Waals surface area contributed by atoms with E-state index in [1.54, 1.807) is 6.20 Å². The number of aromatic nitrogens is 3. The standard InChI is InChI=1S/C49H56F4N10O3/c1-30(42-26-38-37(13-18-55-46(38)59(42)2)35-7-11-44(54)56-27-35)60-21-16-33(17-22-60)32-3-5-34(6-4-32)48(66)61-19-14-31(15-20-61)28-63-24-23-62(29-43(63)49(51,52)53)41-10-8-36(25-39(41)50)57-40-9-12-45(64)58-47(40)65/h3-8,10-11,13,18,25-27,30-31,33,40,43,57H,9,12,14-17,19-24,28-29H2,1-2H3,(H2,54,56)(H,58,64,65)/t30-,40?,43-/m0/s1. The van der Waals surface area contributed by atoms with E-state index >= 15 is 4.39 Å². The molecule has 1 unspecified atom stereocenters. The molecule has 9 rings (SSSR count). The number of likely N-dealkylation sites (tertiary alicyclic amines) is 2. The third-order valence-corrected chi connectivity index (χ3v) is 14.3. The molecule has 0 bridgehead atoms. The van der Waals surface area contributed by atoms with Crippen molar-refractivity contribution >= 4 is 45.9 Å². The second-order valence-electron chi connectivity index (χ2n) is 18.4. The van der Waals surface area contributed by atoms with Crippen molar-refractivity contribution in [2.45, 2.75) is 75.7 Å². The minimum Gasteiger partial charge on any atom is -0.384 e. The maximum atomic E-state index is 15.4. The second-order valence-corrected chi connectivity index (χ2v) is 18.4. The largest absolute Gasteiger partial charge is 0.405 e. The van der Waals surface area contributed by atoms with Crippen molar-refractivity contribution in [3.63, 3.8) is 0 Å². The van der Waals surface area contributed by atoms with Crippen LogP contribution in [0.2, 0.25) is 0 Å². The normalized spacial score (nSPS) is 21.3.